The molecule has 0 atom stereocenters. The van der Waals surface area contributed by atoms with Crippen molar-refractivity contribution in [3.05, 3.63) is 48.3 Å². The topological polar surface area (TPSA) is 52.0 Å². The van der Waals surface area contributed by atoms with Gasteiger partial charge in [-0.25, -0.2) is 8.42 Å². The van der Waals surface area contributed by atoms with Crippen molar-refractivity contribution in [1.82, 2.24) is 9.78 Å². The molecule has 1 aromatic carbocycles. The van der Waals surface area contributed by atoms with Crippen molar-refractivity contribution in [2.75, 3.05) is 0 Å². The predicted octanol–water partition coefficient (Wildman–Crippen LogP) is 1.79. The minimum Gasteiger partial charge on any atom is -0.268 e. The zero-order chi connectivity index (χ0) is 12.5. The molecule has 0 bridgehead atoms. The lowest BCUT2D eigenvalue weighted by atomic mass is 10.1. The summed E-state index contributed by atoms with van der Waals surface area (Å²) in [4.78, 5) is 0. The standard InChI is InChI=1S/C12H13N2O2S/c1-14-12(7-8-13-14)11-6-4-3-5-10(11)9-17(2,15)16/h3-8H,2,9H2,1H3. The summed E-state index contributed by atoms with van der Waals surface area (Å²) in [5.74, 6) is -0.0612. The molecule has 17 heavy (non-hydrogen) atoms. The van der Waals surface area contributed by atoms with Gasteiger partial charge >= 0.3 is 0 Å². The highest BCUT2D eigenvalue weighted by Crippen LogP contribution is 2.24. The van der Waals surface area contributed by atoms with E-state index in [4.69, 9.17) is 0 Å². The van der Waals surface area contributed by atoms with E-state index in [1.165, 1.54) is 0 Å². The van der Waals surface area contributed by atoms with Crippen LogP contribution in [0.5, 0.6) is 0 Å². The molecule has 2 rings (SSSR count). The molecule has 0 aliphatic rings. The summed E-state index contributed by atoms with van der Waals surface area (Å²) in [7, 11) is -1.46. The number of rotatable bonds is 3. The van der Waals surface area contributed by atoms with Gasteiger partial charge in [-0.2, -0.15) is 5.10 Å². The fourth-order valence-electron chi connectivity index (χ4n) is 1.77. The van der Waals surface area contributed by atoms with Gasteiger partial charge in [-0.15, -0.1) is 0 Å². The first kappa shape index (κ1) is 11.9. The number of aromatic nitrogens is 2. The summed E-state index contributed by atoms with van der Waals surface area (Å²) in [5.41, 5.74) is 2.51. The van der Waals surface area contributed by atoms with E-state index in [0.717, 1.165) is 16.8 Å². The Morgan fingerprint density at radius 3 is 2.59 bits per heavy atom. The zero-order valence-electron chi connectivity index (χ0n) is 9.50. The van der Waals surface area contributed by atoms with Gasteiger partial charge in [-0.1, -0.05) is 24.3 Å². The molecular formula is C12H13N2O2S. The van der Waals surface area contributed by atoms with Crippen molar-refractivity contribution >= 4 is 9.84 Å². The average molecular weight is 249 g/mol. The molecule has 2 aromatic rings. The molecule has 0 saturated heterocycles. The van der Waals surface area contributed by atoms with E-state index in [0.29, 0.717) is 0 Å². The third-order valence-corrected chi connectivity index (χ3v) is 3.24. The lowest BCUT2D eigenvalue weighted by Gasteiger charge is -2.08. The largest absolute Gasteiger partial charge is 0.268 e. The van der Waals surface area contributed by atoms with Crippen LogP contribution in [0.15, 0.2) is 36.5 Å². The van der Waals surface area contributed by atoms with Gasteiger partial charge in [-0.3, -0.25) is 4.68 Å². The summed E-state index contributed by atoms with van der Waals surface area (Å²) >= 11 is 0. The molecule has 4 nitrogen and oxygen atoms in total. The van der Waals surface area contributed by atoms with Gasteiger partial charge in [0.05, 0.1) is 17.7 Å². The van der Waals surface area contributed by atoms with Crippen LogP contribution in [0.25, 0.3) is 11.3 Å². The van der Waals surface area contributed by atoms with Crippen LogP contribution in [0.3, 0.4) is 0 Å². The van der Waals surface area contributed by atoms with E-state index in [2.05, 4.69) is 11.4 Å². The van der Waals surface area contributed by atoms with Crippen LogP contribution in [-0.2, 0) is 22.6 Å². The van der Waals surface area contributed by atoms with Crippen molar-refractivity contribution in [3.8, 4) is 11.3 Å². The molecule has 0 unspecified atom stereocenters. The first-order valence-corrected chi connectivity index (χ1v) is 6.91. The average Bonchev–Trinajstić information content (AvgIpc) is 2.63. The Labute approximate surface area is 101 Å². The van der Waals surface area contributed by atoms with Gasteiger partial charge in [0.1, 0.15) is 0 Å². The molecule has 1 heterocycles. The zero-order valence-corrected chi connectivity index (χ0v) is 10.3. The van der Waals surface area contributed by atoms with E-state index in [-0.39, 0.29) is 5.75 Å². The fourth-order valence-corrected chi connectivity index (χ4v) is 2.50. The lowest BCUT2D eigenvalue weighted by Crippen LogP contribution is -2.02. The van der Waals surface area contributed by atoms with Crippen LogP contribution >= 0.6 is 0 Å². The Kier molecular flexibility index (Phi) is 3.02. The van der Waals surface area contributed by atoms with Gasteiger partial charge < -0.3 is 0 Å². The second-order valence-electron chi connectivity index (χ2n) is 3.89. The van der Waals surface area contributed by atoms with Gasteiger partial charge in [-0.05, 0) is 11.6 Å². The van der Waals surface area contributed by atoms with Crippen molar-refractivity contribution < 1.29 is 8.42 Å². The lowest BCUT2D eigenvalue weighted by molar-refractivity contribution is 0.603. The molecule has 0 spiro atoms. The molecule has 0 fully saturated rings. The fraction of sp³-hybridized carbons (Fsp3) is 0.167. The molecule has 1 radical (unpaired) electrons. The molecular weight excluding hydrogens is 236 g/mol. The third kappa shape index (κ3) is 2.74. The SMILES string of the molecule is [CH2]S(=O)(=O)Cc1ccccc1-c1ccnn1C. The predicted molar refractivity (Wildman–Crippen MR) is 66.6 cm³/mol. The summed E-state index contributed by atoms with van der Waals surface area (Å²) in [6.07, 6.45) is 4.85. The van der Waals surface area contributed by atoms with Crippen LogP contribution in [0.2, 0.25) is 0 Å². The van der Waals surface area contributed by atoms with E-state index in [1.807, 2.05) is 31.3 Å². The Hall–Kier alpha value is -1.62. The van der Waals surface area contributed by atoms with Gasteiger partial charge in [0.2, 0.25) is 0 Å². The Morgan fingerprint density at radius 2 is 2.00 bits per heavy atom. The quantitative estimate of drug-likeness (QED) is 0.833. The maximum Gasteiger partial charge on any atom is 0.155 e. The highest BCUT2D eigenvalue weighted by Gasteiger charge is 2.12. The van der Waals surface area contributed by atoms with E-state index >= 15 is 0 Å². The number of hydrogen-bond acceptors (Lipinski definition) is 3. The molecule has 89 valence electrons. The minimum atomic E-state index is -3.28. The van der Waals surface area contributed by atoms with Crippen LogP contribution in [0, 0.1) is 6.26 Å². The molecule has 5 heteroatoms. The smallest absolute Gasteiger partial charge is 0.155 e. The summed E-state index contributed by atoms with van der Waals surface area (Å²) in [6, 6.07) is 9.24. The number of nitrogens with zero attached hydrogens (tertiary/aromatic N) is 2. The molecule has 0 amide bonds. The van der Waals surface area contributed by atoms with Gasteiger partial charge in [0, 0.05) is 18.8 Å². The normalized spacial score (nSPS) is 11.6. The Balaban J connectivity index is 2.52. The third-order valence-electron chi connectivity index (χ3n) is 2.49. The maximum atomic E-state index is 11.3. The molecule has 0 aliphatic heterocycles. The van der Waals surface area contributed by atoms with E-state index < -0.39 is 9.84 Å². The molecule has 1 aromatic heterocycles. The van der Waals surface area contributed by atoms with Crippen molar-refractivity contribution in [2.45, 2.75) is 5.75 Å². The van der Waals surface area contributed by atoms with Crippen LogP contribution in [0.4, 0.5) is 0 Å². The van der Waals surface area contributed by atoms with Crippen LogP contribution in [-0.4, -0.2) is 18.2 Å². The van der Waals surface area contributed by atoms with Crippen molar-refractivity contribution in [1.29, 1.82) is 0 Å². The summed E-state index contributed by atoms with van der Waals surface area (Å²) in [5, 5.41) is 4.08. The molecule has 0 aliphatic carbocycles. The number of aryl methyl sites for hydroxylation is 1. The first-order chi connectivity index (χ1) is 7.97. The van der Waals surface area contributed by atoms with Crippen LogP contribution in [0.1, 0.15) is 5.56 Å². The number of hydrogen-bond donors (Lipinski definition) is 0. The minimum absolute atomic E-state index is 0.0612. The van der Waals surface area contributed by atoms with Crippen molar-refractivity contribution in [2.24, 2.45) is 7.05 Å². The second kappa shape index (κ2) is 4.33. The number of benzene rings is 1. The number of sulfone groups is 1. The van der Waals surface area contributed by atoms with Gasteiger partial charge in [0.15, 0.2) is 9.84 Å². The second-order valence-corrected chi connectivity index (χ2v) is 5.66. The highest BCUT2D eigenvalue weighted by atomic mass is 32.2. The van der Waals surface area contributed by atoms with Crippen LogP contribution < -0.4 is 0 Å². The Bertz CT molecular complexity index is 629. The summed E-state index contributed by atoms with van der Waals surface area (Å²) in [6.45, 7) is 0. The molecule has 0 saturated carbocycles. The van der Waals surface area contributed by atoms with Crippen molar-refractivity contribution in [3.63, 3.8) is 0 Å². The molecule has 0 N–H and O–H groups in total. The monoisotopic (exact) mass is 249 g/mol. The maximum absolute atomic E-state index is 11.3. The first-order valence-electron chi connectivity index (χ1n) is 5.09. The summed E-state index contributed by atoms with van der Waals surface area (Å²) < 4.78 is 24.3. The highest BCUT2D eigenvalue weighted by molar-refractivity contribution is 7.91. The van der Waals surface area contributed by atoms with E-state index in [9.17, 15) is 8.42 Å². The Morgan fingerprint density at radius 1 is 1.29 bits per heavy atom. The van der Waals surface area contributed by atoms with E-state index in [1.54, 1.807) is 16.9 Å². The van der Waals surface area contributed by atoms with Gasteiger partial charge in [0.25, 0.3) is 0 Å².